The molecule has 2 heterocycles. The van der Waals surface area contributed by atoms with Crippen molar-refractivity contribution < 1.29 is 9.53 Å². The van der Waals surface area contributed by atoms with Crippen molar-refractivity contribution in [3.05, 3.63) is 34.9 Å². The summed E-state index contributed by atoms with van der Waals surface area (Å²) >= 11 is 6.03. The number of hydrogen-bond donors (Lipinski definition) is 0. The Morgan fingerprint density at radius 3 is 2.37 bits per heavy atom. The molecule has 0 aliphatic carbocycles. The first-order valence-corrected chi connectivity index (χ1v) is 10.7. The second-order valence-corrected chi connectivity index (χ2v) is 9.35. The molecule has 3 rings (SSSR count). The van der Waals surface area contributed by atoms with Gasteiger partial charge in [0.2, 0.25) is 0 Å². The summed E-state index contributed by atoms with van der Waals surface area (Å²) < 4.78 is 5.53. The first-order chi connectivity index (χ1) is 12.8. The lowest BCUT2D eigenvalue weighted by Crippen LogP contribution is -2.52. The van der Waals surface area contributed by atoms with Crippen molar-refractivity contribution >= 4 is 17.7 Å². The highest BCUT2D eigenvalue weighted by atomic mass is 35.5. The Balaban J connectivity index is 1.56. The number of hydrogen-bond acceptors (Lipinski definition) is 3. The van der Waals surface area contributed by atoms with E-state index in [0.717, 1.165) is 37.4 Å². The number of amides is 1. The standard InChI is InChI=1S/C22H33ClN2O2/c1-22(2,3)27-21(26)24-14-11-19(12-15-24)25-13-5-4-6-20(25)16-17-7-9-18(23)10-8-17/h7-10,19-20H,4-6,11-16H2,1-3H3. The second kappa shape index (κ2) is 8.83. The molecule has 0 saturated carbocycles. The molecular weight excluding hydrogens is 360 g/mol. The molecule has 1 atom stereocenters. The third kappa shape index (κ3) is 5.86. The van der Waals surface area contributed by atoms with Crippen molar-refractivity contribution in [2.45, 2.75) is 77.0 Å². The van der Waals surface area contributed by atoms with Gasteiger partial charge in [-0.2, -0.15) is 0 Å². The molecule has 0 radical (unpaired) electrons. The van der Waals surface area contributed by atoms with Crippen LogP contribution in [0.1, 0.15) is 58.4 Å². The molecule has 1 amide bonds. The maximum atomic E-state index is 12.3. The third-order valence-electron chi connectivity index (χ3n) is 5.64. The van der Waals surface area contributed by atoms with E-state index in [9.17, 15) is 4.79 Å². The van der Waals surface area contributed by atoms with Crippen molar-refractivity contribution in [3.63, 3.8) is 0 Å². The van der Waals surface area contributed by atoms with Gasteiger partial charge in [0.05, 0.1) is 0 Å². The minimum Gasteiger partial charge on any atom is -0.444 e. The van der Waals surface area contributed by atoms with Gasteiger partial charge in [-0.25, -0.2) is 4.79 Å². The average molecular weight is 393 g/mol. The lowest BCUT2D eigenvalue weighted by atomic mass is 9.91. The first kappa shape index (κ1) is 20.5. The lowest BCUT2D eigenvalue weighted by Gasteiger charge is -2.45. The largest absolute Gasteiger partial charge is 0.444 e. The normalized spacial score (nSPS) is 22.7. The fourth-order valence-corrected chi connectivity index (χ4v) is 4.45. The third-order valence-corrected chi connectivity index (χ3v) is 5.89. The number of ether oxygens (including phenoxy) is 1. The van der Waals surface area contributed by atoms with E-state index in [2.05, 4.69) is 17.0 Å². The molecule has 2 aliphatic rings. The first-order valence-electron chi connectivity index (χ1n) is 10.3. The van der Waals surface area contributed by atoms with Crippen LogP contribution in [0.3, 0.4) is 0 Å². The van der Waals surface area contributed by atoms with Crippen LogP contribution in [0, 0.1) is 0 Å². The van der Waals surface area contributed by atoms with E-state index in [1.165, 1.54) is 31.4 Å². The maximum Gasteiger partial charge on any atom is 0.410 e. The monoisotopic (exact) mass is 392 g/mol. The summed E-state index contributed by atoms with van der Waals surface area (Å²) in [5, 5.41) is 0.800. The Labute approximate surface area is 168 Å². The van der Waals surface area contributed by atoms with Crippen LogP contribution in [0.5, 0.6) is 0 Å². The number of piperidine rings is 2. The van der Waals surface area contributed by atoms with E-state index in [4.69, 9.17) is 16.3 Å². The zero-order valence-electron chi connectivity index (χ0n) is 16.9. The SMILES string of the molecule is CC(C)(C)OC(=O)N1CCC(N2CCCCC2Cc2ccc(Cl)cc2)CC1. The smallest absolute Gasteiger partial charge is 0.410 e. The van der Waals surface area contributed by atoms with E-state index in [0.29, 0.717) is 12.1 Å². The quantitative estimate of drug-likeness (QED) is 0.714. The molecule has 1 aromatic rings. The Bertz CT molecular complexity index is 618. The Hall–Kier alpha value is -1.26. The van der Waals surface area contributed by atoms with Crippen molar-refractivity contribution in [2.24, 2.45) is 0 Å². The molecule has 0 bridgehead atoms. The number of carbonyl (C=O) groups excluding carboxylic acids is 1. The summed E-state index contributed by atoms with van der Waals surface area (Å²) in [5.74, 6) is 0. The van der Waals surface area contributed by atoms with E-state index in [-0.39, 0.29) is 6.09 Å². The van der Waals surface area contributed by atoms with Crippen LogP contribution in [0.4, 0.5) is 4.79 Å². The van der Waals surface area contributed by atoms with Gasteiger partial charge in [0.1, 0.15) is 5.60 Å². The maximum absolute atomic E-state index is 12.3. The van der Waals surface area contributed by atoms with E-state index < -0.39 is 5.60 Å². The predicted molar refractivity (Wildman–Crippen MR) is 110 cm³/mol. The van der Waals surface area contributed by atoms with Crippen LogP contribution in [0.25, 0.3) is 0 Å². The molecule has 1 aromatic carbocycles. The summed E-state index contributed by atoms with van der Waals surface area (Å²) in [6, 6.07) is 9.45. The van der Waals surface area contributed by atoms with Gasteiger partial charge in [0.25, 0.3) is 0 Å². The number of benzene rings is 1. The molecular formula is C22H33ClN2O2. The van der Waals surface area contributed by atoms with Crippen molar-refractivity contribution in [1.29, 1.82) is 0 Å². The highest BCUT2D eigenvalue weighted by Gasteiger charge is 2.33. The fourth-order valence-electron chi connectivity index (χ4n) is 4.32. The fraction of sp³-hybridized carbons (Fsp3) is 0.682. The summed E-state index contributed by atoms with van der Waals surface area (Å²) in [6.07, 6.45) is 6.84. The lowest BCUT2D eigenvalue weighted by molar-refractivity contribution is 0.00719. The minimum atomic E-state index is -0.426. The Morgan fingerprint density at radius 1 is 1.07 bits per heavy atom. The minimum absolute atomic E-state index is 0.169. The highest BCUT2D eigenvalue weighted by molar-refractivity contribution is 6.30. The molecule has 4 nitrogen and oxygen atoms in total. The van der Waals surface area contributed by atoms with E-state index >= 15 is 0 Å². The zero-order valence-corrected chi connectivity index (χ0v) is 17.7. The average Bonchev–Trinajstić information content (AvgIpc) is 2.63. The number of likely N-dealkylation sites (tertiary alicyclic amines) is 2. The van der Waals surface area contributed by atoms with Crippen LogP contribution >= 0.6 is 11.6 Å². The van der Waals surface area contributed by atoms with Gasteiger partial charge >= 0.3 is 6.09 Å². The van der Waals surface area contributed by atoms with Crippen LogP contribution < -0.4 is 0 Å². The molecule has 0 aromatic heterocycles. The summed E-state index contributed by atoms with van der Waals surface area (Å²) in [5.41, 5.74) is 0.937. The molecule has 2 aliphatic heterocycles. The van der Waals surface area contributed by atoms with Crippen LogP contribution in [-0.4, -0.2) is 53.2 Å². The molecule has 2 saturated heterocycles. The van der Waals surface area contributed by atoms with Gasteiger partial charge in [-0.05, 0) is 77.1 Å². The van der Waals surface area contributed by atoms with Gasteiger partial charge in [-0.3, -0.25) is 4.90 Å². The van der Waals surface area contributed by atoms with Crippen LogP contribution in [-0.2, 0) is 11.2 Å². The number of carbonyl (C=O) groups is 1. The van der Waals surface area contributed by atoms with Gasteiger partial charge in [0.15, 0.2) is 0 Å². The molecule has 5 heteroatoms. The Kier molecular flexibility index (Phi) is 6.69. The van der Waals surface area contributed by atoms with E-state index in [1.807, 2.05) is 37.8 Å². The van der Waals surface area contributed by atoms with E-state index in [1.54, 1.807) is 0 Å². The highest BCUT2D eigenvalue weighted by Crippen LogP contribution is 2.28. The molecule has 0 N–H and O–H groups in total. The Morgan fingerprint density at radius 2 is 1.74 bits per heavy atom. The van der Waals surface area contributed by atoms with Gasteiger partial charge in [0, 0.05) is 30.2 Å². The van der Waals surface area contributed by atoms with Crippen molar-refractivity contribution in [3.8, 4) is 0 Å². The van der Waals surface area contributed by atoms with Crippen LogP contribution in [0.2, 0.25) is 5.02 Å². The molecule has 2 fully saturated rings. The summed E-state index contributed by atoms with van der Waals surface area (Å²) in [6.45, 7) is 8.54. The number of nitrogens with zero attached hydrogens (tertiary/aromatic N) is 2. The van der Waals surface area contributed by atoms with Gasteiger partial charge in [-0.1, -0.05) is 30.2 Å². The number of halogens is 1. The molecule has 0 spiro atoms. The molecule has 27 heavy (non-hydrogen) atoms. The topological polar surface area (TPSA) is 32.8 Å². The molecule has 1 unspecified atom stereocenters. The van der Waals surface area contributed by atoms with Crippen molar-refractivity contribution in [2.75, 3.05) is 19.6 Å². The molecule has 150 valence electrons. The van der Waals surface area contributed by atoms with Gasteiger partial charge < -0.3 is 9.64 Å². The second-order valence-electron chi connectivity index (χ2n) is 8.92. The summed E-state index contributed by atoms with van der Waals surface area (Å²) in [7, 11) is 0. The van der Waals surface area contributed by atoms with Crippen LogP contribution in [0.15, 0.2) is 24.3 Å². The number of rotatable bonds is 3. The zero-order chi connectivity index (χ0) is 19.4. The predicted octanol–water partition coefficient (Wildman–Crippen LogP) is 5.14. The summed E-state index contributed by atoms with van der Waals surface area (Å²) in [4.78, 5) is 16.9. The van der Waals surface area contributed by atoms with Crippen molar-refractivity contribution in [1.82, 2.24) is 9.80 Å². The van der Waals surface area contributed by atoms with Gasteiger partial charge in [-0.15, -0.1) is 0 Å².